The van der Waals surface area contributed by atoms with Crippen molar-refractivity contribution in [1.82, 2.24) is 0 Å². The van der Waals surface area contributed by atoms with Crippen molar-refractivity contribution in [3.63, 3.8) is 0 Å². The number of hydrogen-bond donors (Lipinski definition) is 2. The van der Waals surface area contributed by atoms with Crippen LogP contribution in [0.3, 0.4) is 0 Å². The second-order valence-corrected chi connectivity index (χ2v) is 2.15. The van der Waals surface area contributed by atoms with E-state index in [9.17, 15) is 0 Å². The van der Waals surface area contributed by atoms with Crippen molar-refractivity contribution in [3.8, 4) is 0 Å². The summed E-state index contributed by atoms with van der Waals surface area (Å²) in [4.78, 5) is 1.20. The maximum absolute atomic E-state index is 8.84. The van der Waals surface area contributed by atoms with E-state index in [1.54, 1.807) is 0 Å². The second kappa shape index (κ2) is 3.05. The van der Waals surface area contributed by atoms with Gasteiger partial charge in [0.05, 0.1) is 13.1 Å². The van der Waals surface area contributed by atoms with Gasteiger partial charge in [-0.25, -0.2) is 0 Å². The van der Waals surface area contributed by atoms with Gasteiger partial charge in [-0.15, -0.1) is 0 Å². The van der Waals surface area contributed by atoms with E-state index in [0.29, 0.717) is 0 Å². The molecule has 1 aliphatic rings. The maximum Gasteiger partial charge on any atom is 0.106 e. The Kier molecular flexibility index (Phi) is 3.02. The van der Waals surface area contributed by atoms with Crippen LogP contribution in [0.1, 0.15) is 13.8 Å². The average Bonchev–Trinajstić information content (AvgIpc) is 1.87. The van der Waals surface area contributed by atoms with Crippen LogP contribution in [-0.4, -0.2) is 24.3 Å². The van der Waals surface area contributed by atoms with Crippen LogP contribution < -0.4 is 4.90 Å². The minimum atomic E-state index is -0.0764. The first-order valence-corrected chi connectivity index (χ1v) is 2.64. The third-order valence-electron chi connectivity index (χ3n) is 1.36. The molecule has 1 fully saturated rings. The Morgan fingerprint density at radius 2 is 2.25 bits per heavy atom. The molecule has 2 nitrogen and oxygen atoms in total. The lowest BCUT2D eigenvalue weighted by Crippen LogP contribution is -3.05. The van der Waals surface area contributed by atoms with E-state index in [4.69, 9.17) is 5.11 Å². The zero-order valence-corrected chi connectivity index (χ0v) is 4.35. The number of aliphatic hydroxyl groups excluding tert-OH is 1. The summed E-state index contributed by atoms with van der Waals surface area (Å²) in [6, 6.07) is 0. The predicted octanol–water partition coefficient (Wildman–Crippen LogP) is -0.936. The van der Waals surface area contributed by atoms with E-state index in [-0.39, 0.29) is 13.5 Å². The molecule has 1 heterocycles. The molecule has 8 heavy (non-hydrogen) atoms. The average molecular weight is 117 g/mol. The zero-order valence-electron chi connectivity index (χ0n) is 4.35. The van der Waals surface area contributed by atoms with E-state index in [1.807, 2.05) is 0 Å². The Balaban J connectivity index is 0.000000490. The van der Waals surface area contributed by atoms with E-state index >= 15 is 0 Å². The minimum absolute atomic E-state index is 0. The molecule has 2 N–H and O–H groups in total. The molecule has 2 atom stereocenters. The lowest BCUT2D eigenvalue weighted by molar-refractivity contribution is -0.841. The Hall–Kier alpha value is -0.0800. The molecule has 1 unspecified atom stereocenters. The van der Waals surface area contributed by atoms with E-state index in [1.165, 1.54) is 4.90 Å². The van der Waals surface area contributed by atoms with Crippen molar-refractivity contribution in [3.05, 3.63) is 7.05 Å². The third kappa shape index (κ3) is 1.80. The van der Waals surface area contributed by atoms with E-state index in [0.717, 1.165) is 19.5 Å². The number of hydrogen-bond acceptors (Lipinski definition) is 1. The number of nitrogens with one attached hydrogen (secondary N) is 1. The molecule has 0 aliphatic carbocycles. The minimum Gasteiger partial charge on any atom is -0.466 e. The molecule has 0 aromatic heterocycles. The molecule has 1 rings (SSSR count). The summed E-state index contributed by atoms with van der Waals surface area (Å²) in [6.45, 7) is 1.86. The van der Waals surface area contributed by atoms with Gasteiger partial charge in [-0.05, 0) is 0 Å². The normalized spacial score (nSPS) is 36.8. The molecular formula is C6H15NO. The van der Waals surface area contributed by atoms with Gasteiger partial charge in [0, 0.05) is 6.42 Å². The van der Waals surface area contributed by atoms with Gasteiger partial charge in [-0.3, -0.25) is 0 Å². The molecule has 1 aliphatic heterocycles. The van der Waals surface area contributed by atoms with Gasteiger partial charge in [-0.2, -0.15) is 7.05 Å². The van der Waals surface area contributed by atoms with Crippen LogP contribution in [0, 0.1) is 7.05 Å². The van der Waals surface area contributed by atoms with E-state index < -0.39 is 0 Å². The molecule has 0 amide bonds. The number of rotatable bonds is 0. The van der Waals surface area contributed by atoms with Crippen LogP contribution in [0.4, 0.5) is 0 Å². The Morgan fingerprint density at radius 1 is 1.62 bits per heavy atom. The molecule has 1 saturated heterocycles. The van der Waals surface area contributed by atoms with Crippen LogP contribution in [0.15, 0.2) is 0 Å². The predicted molar refractivity (Wildman–Crippen MR) is 33.4 cm³/mol. The van der Waals surface area contributed by atoms with Crippen LogP contribution >= 0.6 is 0 Å². The second-order valence-electron chi connectivity index (χ2n) is 2.15. The van der Waals surface area contributed by atoms with Crippen LogP contribution in [0.2, 0.25) is 0 Å². The lowest BCUT2D eigenvalue weighted by Gasteiger charge is -2.09. The van der Waals surface area contributed by atoms with Crippen molar-refractivity contribution < 1.29 is 10.0 Å². The van der Waals surface area contributed by atoms with Crippen molar-refractivity contribution in [2.75, 3.05) is 13.1 Å². The van der Waals surface area contributed by atoms with E-state index in [2.05, 4.69) is 7.05 Å². The fraction of sp³-hybridized carbons (Fsp3) is 0.833. The van der Waals surface area contributed by atoms with Gasteiger partial charge < -0.3 is 10.0 Å². The molecule has 0 saturated carbocycles. The smallest absolute Gasteiger partial charge is 0.106 e. The summed E-state index contributed by atoms with van der Waals surface area (Å²) < 4.78 is 0. The summed E-state index contributed by atoms with van der Waals surface area (Å²) in [5.74, 6) is 0. The molecule has 0 spiro atoms. The first-order chi connectivity index (χ1) is 3.29. The number of likely N-dealkylation sites (tertiary alicyclic amines) is 1. The van der Waals surface area contributed by atoms with Crippen molar-refractivity contribution in [2.24, 2.45) is 0 Å². The van der Waals surface area contributed by atoms with Gasteiger partial charge in [0.25, 0.3) is 0 Å². The first kappa shape index (κ1) is 7.92. The van der Waals surface area contributed by atoms with Gasteiger partial charge in [0.15, 0.2) is 0 Å². The van der Waals surface area contributed by atoms with Crippen LogP contribution in [0.25, 0.3) is 0 Å². The van der Waals surface area contributed by atoms with Crippen molar-refractivity contribution >= 4 is 0 Å². The highest BCUT2D eigenvalue weighted by atomic mass is 16.3. The SMILES string of the molecule is C.[CH2-][NH+]1CC[C@@H](O)C1. The zero-order chi connectivity index (χ0) is 5.28. The lowest BCUT2D eigenvalue weighted by atomic mass is 10.3. The quantitative estimate of drug-likeness (QED) is 0.393. The van der Waals surface area contributed by atoms with Crippen LogP contribution in [-0.2, 0) is 0 Å². The first-order valence-electron chi connectivity index (χ1n) is 2.64. The summed E-state index contributed by atoms with van der Waals surface area (Å²) in [6.07, 6.45) is 0.853. The Bertz CT molecular complexity index is 57.5. The summed E-state index contributed by atoms with van der Waals surface area (Å²) in [5.41, 5.74) is 0. The third-order valence-corrected chi connectivity index (χ3v) is 1.36. The summed E-state index contributed by atoms with van der Waals surface area (Å²) >= 11 is 0. The highest BCUT2D eigenvalue weighted by molar-refractivity contribution is 4.56. The fourth-order valence-corrected chi connectivity index (χ4v) is 0.908. The fourth-order valence-electron chi connectivity index (χ4n) is 0.908. The largest absolute Gasteiger partial charge is 0.466 e. The van der Waals surface area contributed by atoms with Gasteiger partial charge >= 0.3 is 0 Å². The molecule has 0 bridgehead atoms. The molecule has 50 valence electrons. The molecule has 2 heteroatoms. The highest BCUT2D eigenvalue weighted by Gasteiger charge is 2.15. The van der Waals surface area contributed by atoms with Gasteiger partial charge in [-0.1, -0.05) is 7.43 Å². The molecule has 0 radical (unpaired) electrons. The summed E-state index contributed by atoms with van der Waals surface area (Å²) in [5, 5.41) is 8.84. The Morgan fingerprint density at radius 3 is 2.38 bits per heavy atom. The maximum atomic E-state index is 8.84. The number of aliphatic hydroxyl groups is 1. The highest BCUT2D eigenvalue weighted by Crippen LogP contribution is 1.88. The number of quaternary nitrogens is 1. The van der Waals surface area contributed by atoms with Gasteiger partial charge in [0.1, 0.15) is 6.10 Å². The van der Waals surface area contributed by atoms with Gasteiger partial charge in [0.2, 0.25) is 0 Å². The molecule has 0 aromatic rings. The van der Waals surface area contributed by atoms with Crippen molar-refractivity contribution in [2.45, 2.75) is 20.0 Å². The van der Waals surface area contributed by atoms with Crippen LogP contribution in [0.5, 0.6) is 0 Å². The topological polar surface area (TPSA) is 24.7 Å². The monoisotopic (exact) mass is 117 g/mol. The molecular weight excluding hydrogens is 102 g/mol. The summed E-state index contributed by atoms with van der Waals surface area (Å²) in [7, 11) is 3.74. The standard InChI is InChI=1S/C5H11NO.CH4/c1-6-3-2-5(7)4-6;/h5-7H,1-4H2;1H4/t5-;/m1./s1. The van der Waals surface area contributed by atoms with Crippen molar-refractivity contribution in [1.29, 1.82) is 0 Å². The molecule has 0 aromatic carbocycles. The Labute approximate surface area is 51.1 Å².